The Bertz CT molecular complexity index is 1300. The van der Waals surface area contributed by atoms with Crippen molar-refractivity contribution in [3.63, 3.8) is 0 Å². The number of anilines is 1. The predicted molar refractivity (Wildman–Crippen MR) is 118 cm³/mol. The zero-order valence-corrected chi connectivity index (χ0v) is 16.8. The molecule has 6 heteroatoms. The van der Waals surface area contributed by atoms with Gasteiger partial charge in [0.2, 0.25) is 0 Å². The van der Waals surface area contributed by atoms with Crippen LogP contribution in [0.3, 0.4) is 0 Å². The molecule has 0 aliphatic carbocycles. The number of aromatic nitrogens is 1. The van der Waals surface area contributed by atoms with E-state index < -0.39 is 0 Å². The van der Waals surface area contributed by atoms with Gasteiger partial charge in [-0.25, -0.2) is 0 Å². The van der Waals surface area contributed by atoms with Crippen LogP contribution < -0.4 is 10.5 Å². The Balaban J connectivity index is 1.88. The van der Waals surface area contributed by atoms with Crippen molar-refractivity contribution in [1.82, 2.24) is 4.57 Å². The number of rotatable bonds is 5. The van der Waals surface area contributed by atoms with Gasteiger partial charge < -0.3 is 9.47 Å². The zero-order valence-electron chi connectivity index (χ0n) is 16.0. The Hall–Kier alpha value is -3.43. The van der Waals surface area contributed by atoms with Gasteiger partial charge in [0.05, 0.1) is 28.3 Å². The monoisotopic (exact) mass is 401 g/mol. The first-order valence-electron chi connectivity index (χ1n) is 9.44. The second kappa shape index (κ2) is 7.90. The van der Waals surface area contributed by atoms with E-state index in [9.17, 15) is 9.59 Å². The number of para-hydroxylation sites is 2. The van der Waals surface area contributed by atoms with E-state index in [0.29, 0.717) is 23.4 Å². The number of hydrogen-bond acceptors (Lipinski definition) is 4. The summed E-state index contributed by atoms with van der Waals surface area (Å²) < 4.78 is 2.57. The van der Waals surface area contributed by atoms with E-state index in [1.54, 1.807) is 15.5 Å². The highest BCUT2D eigenvalue weighted by molar-refractivity contribution is 7.21. The molecule has 0 spiro atoms. The fraction of sp³-hybridized carbons (Fsp3) is 0.174. The summed E-state index contributed by atoms with van der Waals surface area (Å²) in [4.78, 5) is 28.5. The summed E-state index contributed by atoms with van der Waals surface area (Å²) in [6.45, 7) is 2.80. The Kier molecular flexibility index (Phi) is 5.15. The van der Waals surface area contributed by atoms with Gasteiger partial charge in [0.15, 0.2) is 0 Å². The van der Waals surface area contributed by atoms with E-state index in [-0.39, 0.29) is 17.9 Å². The number of amides is 1. The SMILES string of the molecule is CCn1c(=O)c2cc(C(=O)N(CCC#N)c3ccccc3)sc2c2ccccc21. The predicted octanol–water partition coefficient (Wildman–Crippen LogP) is 4.80. The van der Waals surface area contributed by atoms with Gasteiger partial charge >= 0.3 is 0 Å². The highest BCUT2D eigenvalue weighted by atomic mass is 32.1. The lowest BCUT2D eigenvalue weighted by molar-refractivity contribution is 0.0991. The van der Waals surface area contributed by atoms with Crippen molar-refractivity contribution in [1.29, 1.82) is 5.26 Å². The number of aryl methyl sites for hydroxylation is 1. The number of pyridine rings is 1. The Labute approximate surface area is 172 Å². The fourth-order valence-electron chi connectivity index (χ4n) is 3.58. The lowest BCUT2D eigenvalue weighted by Crippen LogP contribution is -2.31. The lowest BCUT2D eigenvalue weighted by atomic mass is 10.1. The van der Waals surface area contributed by atoms with Crippen LogP contribution in [0.4, 0.5) is 5.69 Å². The maximum absolute atomic E-state index is 13.3. The van der Waals surface area contributed by atoms with Crippen LogP contribution >= 0.6 is 11.3 Å². The number of fused-ring (bicyclic) bond motifs is 3. The second-order valence-corrected chi connectivity index (χ2v) is 7.67. The van der Waals surface area contributed by atoms with Crippen LogP contribution in [0.15, 0.2) is 65.5 Å². The summed E-state index contributed by atoms with van der Waals surface area (Å²) in [5, 5.41) is 10.5. The molecule has 0 bridgehead atoms. The third-order valence-electron chi connectivity index (χ3n) is 4.93. The van der Waals surface area contributed by atoms with E-state index in [1.807, 2.05) is 61.5 Å². The van der Waals surface area contributed by atoms with Crippen molar-refractivity contribution in [3.05, 3.63) is 75.9 Å². The third-order valence-corrected chi connectivity index (χ3v) is 6.09. The Morgan fingerprint density at radius 1 is 1.10 bits per heavy atom. The van der Waals surface area contributed by atoms with Crippen LogP contribution in [0.2, 0.25) is 0 Å². The van der Waals surface area contributed by atoms with Crippen molar-refractivity contribution in [3.8, 4) is 6.07 Å². The molecule has 5 nitrogen and oxygen atoms in total. The lowest BCUT2D eigenvalue weighted by Gasteiger charge is -2.20. The minimum Gasteiger partial charge on any atom is -0.308 e. The molecule has 4 aromatic rings. The second-order valence-electron chi connectivity index (χ2n) is 6.62. The summed E-state index contributed by atoms with van der Waals surface area (Å²) >= 11 is 1.34. The van der Waals surface area contributed by atoms with Gasteiger partial charge in [0.25, 0.3) is 11.5 Å². The highest BCUT2D eigenvalue weighted by Gasteiger charge is 2.22. The van der Waals surface area contributed by atoms with E-state index in [4.69, 9.17) is 5.26 Å². The quantitative estimate of drug-likeness (QED) is 0.483. The molecule has 4 rings (SSSR count). The molecular weight excluding hydrogens is 382 g/mol. The van der Waals surface area contributed by atoms with E-state index in [1.165, 1.54) is 11.3 Å². The molecule has 29 heavy (non-hydrogen) atoms. The minimum absolute atomic E-state index is 0.0835. The van der Waals surface area contributed by atoms with Crippen LogP contribution in [0, 0.1) is 11.3 Å². The van der Waals surface area contributed by atoms with Crippen molar-refractivity contribution >= 4 is 43.9 Å². The van der Waals surface area contributed by atoms with Crippen LogP contribution in [-0.4, -0.2) is 17.0 Å². The van der Waals surface area contributed by atoms with E-state index in [0.717, 1.165) is 21.3 Å². The van der Waals surface area contributed by atoms with Gasteiger partial charge in [0.1, 0.15) is 0 Å². The van der Waals surface area contributed by atoms with Crippen molar-refractivity contribution < 1.29 is 4.79 Å². The standard InChI is InChI=1S/C23H19N3O2S/c1-2-25-19-12-7-6-11-17(19)21-18(22(25)27)15-20(29-21)23(28)26(14-8-13-24)16-9-4-3-5-10-16/h3-7,9-12,15H,2,8,14H2,1H3. The average Bonchev–Trinajstić information content (AvgIpc) is 3.21. The number of carbonyl (C=O) groups is 1. The first-order valence-corrected chi connectivity index (χ1v) is 10.3. The van der Waals surface area contributed by atoms with E-state index >= 15 is 0 Å². The Morgan fingerprint density at radius 2 is 1.83 bits per heavy atom. The summed E-state index contributed by atoms with van der Waals surface area (Å²) in [6.07, 6.45) is 0.233. The van der Waals surface area contributed by atoms with Crippen LogP contribution in [-0.2, 0) is 6.54 Å². The first-order chi connectivity index (χ1) is 14.2. The Morgan fingerprint density at radius 3 is 2.55 bits per heavy atom. The maximum atomic E-state index is 13.3. The number of nitrogens with zero attached hydrogens (tertiary/aromatic N) is 3. The minimum atomic E-state index is -0.195. The van der Waals surface area contributed by atoms with Crippen molar-refractivity contribution in [2.24, 2.45) is 0 Å². The largest absolute Gasteiger partial charge is 0.308 e. The number of nitriles is 1. The molecule has 144 valence electrons. The molecule has 0 N–H and O–H groups in total. The first kappa shape index (κ1) is 18.9. The highest BCUT2D eigenvalue weighted by Crippen LogP contribution is 2.32. The molecule has 0 radical (unpaired) electrons. The van der Waals surface area contributed by atoms with Crippen LogP contribution in [0.1, 0.15) is 23.0 Å². The fourth-order valence-corrected chi connectivity index (χ4v) is 4.71. The molecule has 0 atom stereocenters. The molecule has 1 amide bonds. The summed E-state index contributed by atoms with van der Waals surface area (Å²) in [5.41, 5.74) is 1.53. The van der Waals surface area contributed by atoms with Gasteiger partial charge in [-0.15, -0.1) is 11.3 Å². The van der Waals surface area contributed by atoms with Gasteiger partial charge in [-0.05, 0) is 31.2 Å². The van der Waals surface area contributed by atoms with Crippen LogP contribution in [0.25, 0.3) is 21.0 Å². The van der Waals surface area contributed by atoms with E-state index in [2.05, 4.69) is 6.07 Å². The number of carbonyl (C=O) groups excluding carboxylic acids is 1. The van der Waals surface area contributed by atoms with Gasteiger partial charge in [0, 0.05) is 28.9 Å². The maximum Gasteiger partial charge on any atom is 0.268 e. The molecule has 0 aliphatic rings. The molecule has 0 saturated heterocycles. The van der Waals surface area contributed by atoms with Crippen LogP contribution in [0.5, 0.6) is 0 Å². The normalized spacial score (nSPS) is 10.9. The molecule has 2 aromatic carbocycles. The topological polar surface area (TPSA) is 66.1 Å². The number of thiophene rings is 1. The average molecular weight is 401 g/mol. The molecular formula is C23H19N3O2S. The van der Waals surface area contributed by atoms with Gasteiger partial charge in [-0.2, -0.15) is 5.26 Å². The molecule has 2 aromatic heterocycles. The van der Waals surface area contributed by atoms with Crippen molar-refractivity contribution in [2.75, 3.05) is 11.4 Å². The number of benzene rings is 2. The van der Waals surface area contributed by atoms with Gasteiger partial charge in [-0.3, -0.25) is 9.59 Å². The molecule has 0 unspecified atom stereocenters. The molecule has 0 aliphatic heterocycles. The third kappa shape index (κ3) is 3.30. The molecule has 2 heterocycles. The molecule has 0 saturated carbocycles. The summed E-state index contributed by atoms with van der Waals surface area (Å²) in [7, 11) is 0. The van der Waals surface area contributed by atoms with Crippen molar-refractivity contribution in [2.45, 2.75) is 19.9 Å². The summed E-state index contributed by atoms with van der Waals surface area (Å²) in [6, 6.07) is 20.9. The smallest absolute Gasteiger partial charge is 0.268 e. The zero-order chi connectivity index (χ0) is 20.4. The number of hydrogen-bond donors (Lipinski definition) is 0. The summed E-state index contributed by atoms with van der Waals surface area (Å²) in [5.74, 6) is -0.195. The van der Waals surface area contributed by atoms with Gasteiger partial charge in [-0.1, -0.05) is 36.4 Å². The molecule has 0 fully saturated rings.